The number of aromatic hydroxyl groups is 1. The van der Waals surface area contributed by atoms with Gasteiger partial charge in [0.1, 0.15) is 23.9 Å². The maximum atomic E-state index is 12.6. The molecule has 0 fully saturated rings. The number of carboxylic acid groups (broad SMARTS) is 1. The van der Waals surface area contributed by atoms with E-state index in [-0.39, 0.29) is 24.6 Å². The lowest BCUT2D eigenvalue weighted by Gasteiger charge is -2.25. The molecule has 0 aliphatic carbocycles. The molecule has 0 spiro atoms. The summed E-state index contributed by atoms with van der Waals surface area (Å²) in [5.41, 5.74) is 5.81. The van der Waals surface area contributed by atoms with Crippen molar-refractivity contribution in [2.45, 2.75) is 45.3 Å². The number of hydrogen-bond acceptors (Lipinski definition) is 6. The van der Waals surface area contributed by atoms with Crippen molar-refractivity contribution in [1.29, 1.82) is 0 Å². The normalized spacial score (nSPS) is 13.8. The maximum Gasteiger partial charge on any atom is 0.326 e. The Kier molecular flexibility index (Phi) is 9.07. The summed E-state index contributed by atoms with van der Waals surface area (Å²) in [4.78, 5) is 47.8. The monoisotopic (exact) mass is 408 g/mol. The van der Waals surface area contributed by atoms with Crippen LogP contribution in [0.4, 0.5) is 0 Å². The van der Waals surface area contributed by atoms with Crippen molar-refractivity contribution in [3.05, 3.63) is 29.8 Å². The predicted molar refractivity (Wildman–Crippen MR) is 105 cm³/mol. The molecule has 0 heterocycles. The lowest BCUT2D eigenvalue weighted by molar-refractivity contribution is -0.142. The summed E-state index contributed by atoms with van der Waals surface area (Å²) in [6, 6.07) is 2.82. The molecule has 0 radical (unpaired) electrons. The van der Waals surface area contributed by atoms with Crippen LogP contribution in [0.1, 0.15) is 26.3 Å². The summed E-state index contributed by atoms with van der Waals surface area (Å²) in [6.45, 7) is 4.57. The number of benzene rings is 1. The zero-order chi connectivity index (χ0) is 22.1. The average Bonchev–Trinajstić information content (AvgIpc) is 2.66. The smallest absolute Gasteiger partial charge is 0.326 e. The van der Waals surface area contributed by atoms with E-state index < -0.39 is 41.8 Å². The molecule has 3 atom stereocenters. The molecular formula is C19H28N4O6. The number of rotatable bonds is 10. The Morgan fingerprint density at radius 2 is 1.55 bits per heavy atom. The van der Waals surface area contributed by atoms with Gasteiger partial charge in [0, 0.05) is 6.42 Å². The Hall–Kier alpha value is -3.14. The second-order valence-electron chi connectivity index (χ2n) is 6.99. The molecule has 3 amide bonds. The highest BCUT2D eigenvalue weighted by molar-refractivity contribution is 5.93. The first-order valence-corrected chi connectivity index (χ1v) is 9.16. The quantitative estimate of drug-likeness (QED) is 0.291. The lowest BCUT2D eigenvalue weighted by atomic mass is 10.0. The van der Waals surface area contributed by atoms with E-state index in [1.807, 2.05) is 0 Å². The maximum absolute atomic E-state index is 12.6. The van der Waals surface area contributed by atoms with Gasteiger partial charge in [0.25, 0.3) is 0 Å². The number of carboxylic acids is 1. The molecule has 0 saturated heterocycles. The highest BCUT2D eigenvalue weighted by Gasteiger charge is 2.30. The van der Waals surface area contributed by atoms with Crippen LogP contribution in [0, 0.1) is 5.92 Å². The molecule has 0 aliphatic rings. The highest BCUT2D eigenvalue weighted by atomic mass is 16.4. The number of hydrogen-bond donors (Lipinski definition) is 6. The molecule has 0 aromatic heterocycles. The summed E-state index contributed by atoms with van der Waals surface area (Å²) in [5.74, 6) is -3.28. The van der Waals surface area contributed by atoms with Crippen LogP contribution in [0.25, 0.3) is 0 Å². The minimum Gasteiger partial charge on any atom is -0.508 e. The van der Waals surface area contributed by atoms with Crippen LogP contribution in [-0.2, 0) is 25.6 Å². The largest absolute Gasteiger partial charge is 0.508 e. The summed E-state index contributed by atoms with van der Waals surface area (Å²) < 4.78 is 0. The standard InChI is InChI=1S/C19H28N4O6/c1-10(2)16(23-17(26)11(3)21-15(25)9-20)18(27)22-14(19(28)29)8-12-4-6-13(24)7-5-12/h4-7,10-11,14,16,24H,8-9,20H2,1-3H3,(H,21,25)(H,22,27)(H,23,26)(H,28,29). The van der Waals surface area contributed by atoms with E-state index in [1.54, 1.807) is 26.0 Å². The van der Waals surface area contributed by atoms with Gasteiger partial charge in [-0.05, 0) is 30.5 Å². The second kappa shape index (κ2) is 11.0. The van der Waals surface area contributed by atoms with E-state index in [1.165, 1.54) is 19.1 Å². The van der Waals surface area contributed by atoms with Crippen LogP contribution in [0.2, 0.25) is 0 Å². The molecule has 1 rings (SSSR count). The molecule has 0 bridgehead atoms. The molecule has 160 valence electrons. The molecule has 1 aromatic rings. The first-order valence-electron chi connectivity index (χ1n) is 9.16. The van der Waals surface area contributed by atoms with Gasteiger partial charge in [-0.25, -0.2) is 4.79 Å². The average molecular weight is 408 g/mol. The van der Waals surface area contributed by atoms with E-state index >= 15 is 0 Å². The van der Waals surface area contributed by atoms with Crippen molar-refractivity contribution in [1.82, 2.24) is 16.0 Å². The van der Waals surface area contributed by atoms with Gasteiger partial charge in [-0.15, -0.1) is 0 Å². The van der Waals surface area contributed by atoms with Gasteiger partial charge in [0.2, 0.25) is 17.7 Å². The molecule has 10 nitrogen and oxygen atoms in total. The molecule has 0 saturated carbocycles. The molecule has 7 N–H and O–H groups in total. The number of nitrogens with one attached hydrogen (secondary N) is 3. The first-order chi connectivity index (χ1) is 13.5. The number of aliphatic carboxylic acids is 1. The van der Waals surface area contributed by atoms with Gasteiger partial charge in [-0.1, -0.05) is 26.0 Å². The SMILES string of the molecule is CC(NC(=O)CN)C(=O)NC(C(=O)NC(Cc1ccc(O)cc1)C(=O)O)C(C)C. The molecule has 3 unspecified atom stereocenters. The van der Waals surface area contributed by atoms with Gasteiger partial charge in [0.05, 0.1) is 6.54 Å². The van der Waals surface area contributed by atoms with E-state index in [4.69, 9.17) is 5.73 Å². The van der Waals surface area contributed by atoms with Crippen LogP contribution in [0.3, 0.4) is 0 Å². The van der Waals surface area contributed by atoms with Gasteiger partial charge < -0.3 is 31.9 Å². The number of phenolic OH excluding ortho intramolecular Hbond substituents is 1. The fourth-order valence-corrected chi connectivity index (χ4v) is 2.51. The van der Waals surface area contributed by atoms with Crippen molar-refractivity contribution < 1.29 is 29.4 Å². The Bertz CT molecular complexity index is 735. The Morgan fingerprint density at radius 1 is 0.966 bits per heavy atom. The van der Waals surface area contributed by atoms with E-state index in [0.717, 1.165) is 0 Å². The lowest BCUT2D eigenvalue weighted by Crippen LogP contribution is -2.57. The molecule has 1 aromatic carbocycles. The van der Waals surface area contributed by atoms with Gasteiger partial charge in [0.15, 0.2) is 0 Å². The summed E-state index contributed by atoms with van der Waals surface area (Å²) in [5, 5.41) is 26.1. The van der Waals surface area contributed by atoms with Crippen LogP contribution in [0.5, 0.6) is 5.75 Å². The summed E-state index contributed by atoms with van der Waals surface area (Å²) >= 11 is 0. The number of carbonyl (C=O) groups excluding carboxylic acids is 3. The Balaban J connectivity index is 2.82. The van der Waals surface area contributed by atoms with E-state index in [0.29, 0.717) is 5.56 Å². The summed E-state index contributed by atoms with van der Waals surface area (Å²) in [6.07, 6.45) is 0.00305. The third-order valence-electron chi connectivity index (χ3n) is 4.19. The zero-order valence-electron chi connectivity index (χ0n) is 16.6. The first kappa shape index (κ1) is 23.9. The van der Waals surface area contributed by atoms with Gasteiger partial charge in [-0.3, -0.25) is 14.4 Å². The second-order valence-corrected chi connectivity index (χ2v) is 6.99. The minimum absolute atomic E-state index is 0.00305. The fraction of sp³-hybridized carbons (Fsp3) is 0.474. The van der Waals surface area contributed by atoms with Gasteiger partial charge >= 0.3 is 5.97 Å². The number of nitrogens with two attached hydrogens (primary N) is 1. The Labute approximate surface area is 168 Å². The number of amides is 3. The van der Waals surface area contributed by atoms with Crippen molar-refractivity contribution in [2.24, 2.45) is 11.7 Å². The van der Waals surface area contributed by atoms with Crippen molar-refractivity contribution in [3.63, 3.8) is 0 Å². The van der Waals surface area contributed by atoms with Gasteiger partial charge in [-0.2, -0.15) is 0 Å². The van der Waals surface area contributed by atoms with E-state index in [9.17, 15) is 29.4 Å². The molecule has 10 heteroatoms. The van der Waals surface area contributed by atoms with E-state index in [2.05, 4.69) is 16.0 Å². The van der Waals surface area contributed by atoms with Crippen molar-refractivity contribution >= 4 is 23.7 Å². The van der Waals surface area contributed by atoms with Crippen LogP contribution < -0.4 is 21.7 Å². The van der Waals surface area contributed by atoms with Crippen molar-refractivity contribution in [2.75, 3.05) is 6.54 Å². The molecule has 29 heavy (non-hydrogen) atoms. The molecular weight excluding hydrogens is 380 g/mol. The highest BCUT2D eigenvalue weighted by Crippen LogP contribution is 2.12. The topological polar surface area (TPSA) is 171 Å². The predicted octanol–water partition coefficient (Wildman–Crippen LogP) is -0.892. The van der Waals surface area contributed by atoms with Crippen LogP contribution >= 0.6 is 0 Å². The van der Waals surface area contributed by atoms with Crippen LogP contribution in [0.15, 0.2) is 24.3 Å². The number of carbonyl (C=O) groups is 4. The fourth-order valence-electron chi connectivity index (χ4n) is 2.51. The third-order valence-corrected chi connectivity index (χ3v) is 4.19. The zero-order valence-corrected chi connectivity index (χ0v) is 16.6. The molecule has 0 aliphatic heterocycles. The van der Waals surface area contributed by atoms with Crippen molar-refractivity contribution in [3.8, 4) is 5.75 Å². The Morgan fingerprint density at radius 3 is 2.03 bits per heavy atom. The summed E-state index contributed by atoms with van der Waals surface area (Å²) in [7, 11) is 0. The third kappa shape index (κ3) is 7.78. The minimum atomic E-state index is -1.23. The van der Waals surface area contributed by atoms with Crippen LogP contribution in [-0.4, -0.2) is 58.6 Å². The number of phenols is 1.